The summed E-state index contributed by atoms with van der Waals surface area (Å²) in [6.07, 6.45) is -2.45. The zero-order valence-corrected chi connectivity index (χ0v) is 18.2. The van der Waals surface area contributed by atoms with Crippen LogP contribution in [-0.4, -0.2) is 64.4 Å². The molecular formula is C22H27F3N4O3. The number of carbonyl (C=O) groups is 2. The van der Waals surface area contributed by atoms with E-state index in [4.69, 9.17) is 9.90 Å². The van der Waals surface area contributed by atoms with E-state index in [1.807, 2.05) is 25.7 Å². The average Bonchev–Trinajstić information content (AvgIpc) is 3.39. The smallest absolute Gasteiger partial charge is 0.475 e. The lowest BCUT2D eigenvalue weighted by atomic mass is 10.2. The largest absolute Gasteiger partial charge is 0.490 e. The number of benzene rings is 1. The fourth-order valence-corrected chi connectivity index (χ4v) is 3.61. The van der Waals surface area contributed by atoms with E-state index < -0.39 is 12.1 Å². The first-order valence-electron chi connectivity index (χ1n) is 10.3. The Kier molecular flexibility index (Phi) is 6.82. The monoisotopic (exact) mass is 452 g/mol. The van der Waals surface area contributed by atoms with Gasteiger partial charge in [0.25, 0.3) is 5.91 Å². The van der Waals surface area contributed by atoms with Crippen molar-refractivity contribution in [2.75, 3.05) is 27.2 Å². The molecule has 3 aromatic rings. The highest BCUT2D eigenvalue weighted by molar-refractivity contribution is 6.10. The van der Waals surface area contributed by atoms with Gasteiger partial charge in [-0.15, -0.1) is 0 Å². The predicted octanol–water partition coefficient (Wildman–Crippen LogP) is 3.47. The summed E-state index contributed by atoms with van der Waals surface area (Å²) in [5.74, 6) is -1.97. The van der Waals surface area contributed by atoms with Crippen molar-refractivity contribution in [1.82, 2.24) is 19.4 Å². The van der Waals surface area contributed by atoms with Crippen molar-refractivity contribution in [1.29, 1.82) is 0 Å². The normalized spacial score (nSPS) is 14.0. The number of halogens is 3. The molecule has 1 aliphatic rings. The number of hydrogen-bond acceptors (Lipinski definition) is 3. The Morgan fingerprint density at radius 3 is 2.38 bits per heavy atom. The highest BCUT2D eigenvalue weighted by Gasteiger charge is 2.38. The van der Waals surface area contributed by atoms with Gasteiger partial charge in [0.05, 0.1) is 16.6 Å². The summed E-state index contributed by atoms with van der Waals surface area (Å²) in [5.41, 5.74) is 4.34. The second-order valence-electron chi connectivity index (χ2n) is 8.26. The van der Waals surface area contributed by atoms with Gasteiger partial charge in [-0.05, 0) is 45.0 Å². The van der Waals surface area contributed by atoms with Crippen molar-refractivity contribution < 1.29 is 27.9 Å². The number of nitrogens with zero attached hydrogens (tertiary/aromatic N) is 3. The van der Waals surface area contributed by atoms with Gasteiger partial charge in [-0.25, -0.2) is 4.79 Å². The van der Waals surface area contributed by atoms with Crippen LogP contribution in [0.5, 0.6) is 0 Å². The van der Waals surface area contributed by atoms with Crippen LogP contribution in [0.3, 0.4) is 0 Å². The van der Waals surface area contributed by atoms with Crippen LogP contribution < -0.4 is 5.32 Å². The third-order valence-corrected chi connectivity index (χ3v) is 5.41. The van der Waals surface area contributed by atoms with Crippen LogP contribution in [0, 0.1) is 5.92 Å². The summed E-state index contributed by atoms with van der Waals surface area (Å²) >= 11 is 0. The molecule has 32 heavy (non-hydrogen) atoms. The Bertz CT molecular complexity index is 1130. The van der Waals surface area contributed by atoms with Crippen molar-refractivity contribution in [3.8, 4) is 0 Å². The van der Waals surface area contributed by atoms with Gasteiger partial charge in [0.2, 0.25) is 0 Å². The number of carboxylic acid groups (broad SMARTS) is 1. The first-order valence-corrected chi connectivity index (χ1v) is 10.3. The second-order valence-corrected chi connectivity index (χ2v) is 8.26. The minimum absolute atomic E-state index is 0.00241. The Labute approximate surface area is 183 Å². The van der Waals surface area contributed by atoms with Gasteiger partial charge in [-0.2, -0.15) is 13.2 Å². The van der Waals surface area contributed by atoms with E-state index in [1.165, 1.54) is 29.3 Å². The molecule has 0 unspecified atom stereocenters. The number of aliphatic carboxylic acids is 1. The molecule has 1 saturated carbocycles. The zero-order valence-electron chi connectivity index (χ0n) is 18.2. The van der Waals surface area contributed by atoms with Gasteiger partial charge in [0.1, 0.15) is 5.69 Å². The average molecular weight is 452 g/mol. The third kappa shape index (κ3) is 5.24. The summed E-state index contributed by atoms with van der Waals surface area (Å²) < 4.78 is 36.2. The van der Waals surface area contributed by atoms with Crippen molar-refractivity contribution in [2.24, 2.45) is 13.0 Å². The lowest BCUT2D eigenvalue weighted by molar-refractivity contribution is -0.192. The molecule has 4 rings (SSSR count). The zero-order chi connectivity index (χ0) is 23.6. The molecule has 1 amide bonds. The van der Waals surface area contributed by atoms with Gasteiger partial charge in [-0.1, -0.05) is 18.2 Å². The second kappa shape index (κ2) is 9.23. The topological polar surface area (TPSA) is 79.5 Å². The molecule has 0 spiro atoms. The fourth-order valence-electron chi connectivity index (χ4n) is 3.61. The maximum atomic E-state index is 12.6. The number of amides is 1. The molecule has 1 aliphatic carbocycles. The molecule has 1 fully saturated rings. The van der Waals surface area contributed by atoms with E-state index in [0.29, 0.717) is 6.54 Å². The molecule has 174 valence electrons. The lowest BCUT2D eigenvalue weighted by Gasteiger charge is -2.11. The van der Waals surface area contributed by atoms with Gasteiger partial charge in [0, 0.05) is 32.1 Å². The number of aromatic nitrogens is 2. The summed E-state index contributed by atoms with van der Waals surface area (Å²) in [6, 6.07) is 10.6. The maximum Gasteiger partial charge on any atom is 0.490 e. The van der Waals surface area contributed by atoms with Crippen LogP contribution in [0.4, 0.5) is 13.2 Å². The van der Waals surface area contributed by atoms with Crippen molar-refractivity contribution in [2.45, 2.75) is 25.6 Å². The number of likely N-dealkylation sites (N-methyl/N-ethyl adjacent to an activating group) is 1. The molecule has 0 saturated heterocycles. The van der Waals surface area contributed by atoms with Gasteiger partial charge < -0.3 is 24.5 Å². The molecule has 10 heteroatoms. The number of carboxylic acids is 1. The Morgan fingerprint density at radius 1 is 1.19 bits per heavy atom. The van der Waals surface area contributed by atoms with Gasteiger partial charge in [-0.3, -0.25) is 4.79 Å². The molecule has 2 aromatic heterocycles. The van der Waals surface area contributed by atoms with Crippen molar-refractivity contribution >= 4 is 33.8 Å². The number of fused-ring (bicyclic) bond motifs is 3. The molecule has 0 radical (unpaired) electrons. The van der Waals surface area contributed by atoms with E-state index in [9.17, 15) is 18.0 Å². The molecule has 1 aromatic carbocycles. The number of para-hydroxylation sites is 1. The van der Waals surface area contributed by atoms with Crippen molar-refractivity contribution in [3.63, 3.8) is 0 Å². The number of nitrogens with one attached hydrogen (secondary N) is 1. The van der Waals surface area contributed by atoms with Crippen LogP contribution in [0.1, 0.15) is 23.3 Å². The summed E-state index contributed by atoms with van der Waals surface area (Å²) in [6.45, 7) is 2.55. The fraction of sp³-hybridized carbons (Fsp3) is 0.455. The summed E-state index contributed by atoms with van der Waals surface area (Å²) in [5, 5.41) is 11.4. The van der Waals surface area contributed by atoms with Crippen LogP contribution in [0.15, 0.2) is 30.3 Å². The first-order chi connectivity index (χ1) is 15.0. The Morgan fingerprint density at radius 2 is 1.81 bits per heavy atom. The maximum absolute atomic E-state index is 12.6. The predicted molar refractivity (Wildman–Crippen MR) is 116 cm³/mol. The van der Waals surface area contributed by atoms with Gasteiger partial charge in [0.15, 0.2) is 0 Å². The third-order valence-electron chi connectivity index (χ3n) is 5.41. The molecule has 7 nitrogen and oxygen atoms in total. The number of aryl methyl sites for hydroxylation is 1. The number of alkyl halides is 3. The van der Waals surface area contributed by atoms with E-state index in [0.717, 1.165) is 30.2 Å². The van der Waals surface area contributed by atoms with E-state index in [1.54, 1.807) is 0 Å². The molecule has 0 atom stereocenters. The van der Waals surface area contributed by atoms with E-state index in [2.05, 4.69) is 45.1 Å². The van der Waals surface area contributed by atoms with Crippen LogP contribution in [0.2, 0.25) is 0 Å². The summed E-state index contributed by atoms with van der Waals surface area (Å²) in [7, 11) is 6.02. The highest BCUT2D eigenvalue weighted by atomic mass is 19.4. The SMILES string of the molecule is CN(C)CCNC(=O)c1cc2c(c3ccccc3n2CC2CC2)n1C.O=C(O)C(F)(F)F. The van der Waals surface area contributed by atoms with E-state index in [-0.39, 0.29) is 5.91 Å². The summed E-state index contributed by atoms with van der Waals surface area (Å²) in [4.78, 5) is 23.6. The Balaban J connectivity index is 0.000000360. The molecule has 2 N–H and O–H groups in total. The highest BCUT2D eigenvalue weighted by Crippen LogP contribution is 2.36. The standard InChI is InChI=1S/C20H26N4O.C2HF3O2/c1-22(2)11-10-21-20(25)18-12-17-19(23(18)3)15-6-4-5-7-16(15)24(17)13-14-8-9-14;3-2(4,5)1(6)7/h4-7,12,14H,8-11,13H2,1-3H3,(H,21,25);(H,6,7). The minimum Gasteiger partial charge on any atom is -0.475 e. The Hall–Kier alpha value is -3.01. The van der Waals surface area contributed by atoms with Gasteiger partial charge >= 0.3 is 12.1 Å². The van der Waals surface area contributed by atoms with Crippen LogP contribution in [0.25, 0.3) is 21.9 Å². The van der Waals surface area contributed by atoms with Crippen LogP contribution >= 0.6 is 0 Å². The number of rotatable bonds is 6. The number of hydrogen-bond donors (Lipinski definition) is 2. The lowest BCUT2D eigenvalue weighted by Crippen LogP contribution is -2.32. The first kappa shape index (κ1) is 23.6. The molecular weight excluding hydrogens is 425 g/mol. The molecule has 0 bridgehead atoms. The number of carbonyl (C=O) groups excluding carboxylic acids is 1. The minimum atomic E-state index is -5.08. The van der Waals surface area contributed by atoms with Crippen LogP contribution in [-0.2, 0) is 18.4 Å². The molecule has 2 heterocycles. The molecule has 0 aliphatic heterocycles. The van der Waals surface area contributed by atoms with E-state index >= 15 is 0 Å². The quantitative estimate of drug-likeness (QED) is 0.600. The van der Waals surface area contributed by atoms with Crippen molar-refractivity contribution in [3.05, 3.63) is 36.0 Å².